The lowest BCUT2D eigenvalue weighted by molar-refractivity contribution is 0.509. The quantitative estimate of drug-likeness (QED) is 0.723. The monoisotopic (exact) mass is 399 g/mol. The SMILES string of the molecule is CCNC(Cc1ccc(Br)cc1)c1ccc(Br)cc1F. The van der Waals surface area contributed by atoms with Gasteiger partial charge in [-0.1, -0.05) is 57.0 Å². The fourth-order valence-electron chi connectivity index (χ4n) is 2.18. The van der Waals surface area contributed by atoms with Crippen molar-refractivity contribution < 1.29 is 4.39 Å². The zero-order valence-corrected chi connectivity index (χ0v) is 14.3. The highest BCUT2D eigenvalue weighted by molar-refractivity contribution is 9.10. The van der Waals surface area contributed by atoms with Crippen molar-refractivity contribution >= 4 is 31.9 Å². The van der Waals surface area contributed by atoms with E-state index in [1.807, 2.05) is 31.2 Å². The first-order valence-corrected chi connectivity index (χ1v) is 8.11. The first kappa shape index (κ1) is 15.7. The van der Waals surface area contributed by atoms with Crippen LogP contribution in [0.3, 0.4) is 0 Å². The Hall–Kier alpha value is -0.710. The molecule has 0 heterocycles. The molecule has 0 aliphatic heterocycles. The molecular weight excluding hydrogens is 385 g/mol. The number of rotatable bonds is 5. The summed E-state index contributed by atoms with van der Waals surface area (Å²) in [7, 11) is 0. The van der Waals surface area contributed by atoms with Crippen molar-refractivity contribution in [3.8, 4) is 0 Å². The first-order chi connectivity index (χ1) is 9.60. The minimum absolute atomic E-state index is 0.0192. The minimum Gasteiger partial charge on any atom is -0.310 e. The van der Waals surface area contributed by atoms with Crippen molar-refractivity contribution in [3.05, 3.63) is 68.4 Å². The molecule has 0 aliphatic carbocycles. The largest absolute Gasteiger partial charge is 0.310 e. The number of likely N-dealkylation sites (N-methyl/N-ethyl adjacent to an activating group) is 1. The van der Waals surface area contributed by atoms with Gasteiger partial charge in [0.2, 0.25) is 0 Å². The molecule has 106 valence electrons. The molecule has 0 amide bonds. The lowest BCUT2D eigenvalue weighted by Crippen LogP contribution is -2.24. The van der Waals surface area contributed by atoms with Crippen LogP contribution in [0.25, 0.3) is 0 Å². The minimum atomic E-state index is -0.178. The molecule has 0 aliphatic rings. The van der Waals surface area contributed by atoms with Crippen molar-refractivity contribution in [2.45, 2.75) is 19.4 Å². The number of nitrogens with one attached hydrogen (secondary N) is 1. The summed E-state index contributed by atoms with van der Waals surface area (Å²) in [5.41, 5.74) is 1.89. The molecule has 0 radical (unpaired) electrons. The van der Waals surface area contributed by atoms with Crippen LogP contribution in [0.2, 0.25) is 0 Å². The molecule has 2 aromatic rings. The lowest BCUT2D eigenvalue weighted by Gasteiger charge is -2.19. The lowest BCUT2D eigenvalue weighted by atomic mass is 9.98. The van der Waals surface area contributed by atoms with Gasteiger partial charge in [0.25, 0.3) is 0 Å². The molecule has 0 spiro atoms. The van der Waals surface area contributed by atoms with Crippen molar-refractivity contribution in [1.82, 2.24) is 5.32 Å². The average Bonchev–Trinajstić information content (AvgIpc) is 2.41. The summed E-state index contributed by atoms with van der Waals surface area (Å²) in [6.45, 7) is 2.84. The summed E-state index contributed by atoms with van der Waals surface area (Å²) in [6, 6.07) is 13.4. The molecule has 1 unspecified atom stereocenters. The normalized spacial score (nSPS) is 12.4. The van der Waals surface area contributed by atoms with E-state index in [0.717, 1.165) is 21.9 Å². The Balaban J connectivity index is 2.24. The molecule has 1 atom stereocenters. The van der Waals surface area contributed by atoms with E-state index >= 15 is 0 Å². The molecule has 0 bridgehead atoms. The van der Waals surface area contributed by atoms with Gasteiger partial charge in [0.15, 0.2) is 0 Å². The Bertz CT molecular complexity index is 569. The van der Waals surface area contributed by atoms with Crippen LogP contribution < -0.4 is 5.32 Å². The van der Waals surface area contributed by atoms with Crippen LogP contribution in [-0.2, 0) is 6.42 Å². The van der Waals surface area contributed by atoms with Crippen molar-refractivity contribution in [3.63, 3.8) is 0 Å². The first-order valence-electron chi connectivity index (χ1n) is 6.53. The summed E-state index contributed by atoms with van der Waals surface area (Å²) in [4.78, 5) is 0. The molecule has 0 saturated carbocycles. The van der Waals surface area contributed by atoms with E-state index in [9.17, 15) is 4.39 Å². The average molecular weight is 401 g/mol. The molecule has 0 saturated heterocycles. The molecule has 0 fully saturated rings. The van der Waals surface area contributed by atoms with Gasteiger partial charge in [0, 0.05) is 20.6 Å². The van der Waals surface area contributed by atoms with Crippen LogP contribution in [0.15, 0.2) is 51.4 Å². The maximum Gasteiger partial charge on any atom is 0.129 e. The van der Waals surface area contributed by atoms with Crippen LogP contribution in [-0.4, -0.2) is 6.54 Å². The second kappa shape index (κ2) is 7.34. The van der Waals surface area contributed by atoms with E-state index in [0.29, 0.717) is 5.56 Å². The zero-order chi connectivity index (χ0) is 14.5. The second-order valence-electron chi connectivity index (χ2n) is 4.61. The number of benzene rings is 2. The maximum atomic E-state index is 14.1. The number of hydrogen-bond donors (Lipinski definition) is 1. The van der Waals surface area contributed by atoms with Gasteiger partial charge in [0.05, 0.1) is 0 Å². The van der Waals surface area contributed by atoms with Crippen LogP contribution in [0.4, 0.5) is 4.39 Å². The topological polar surface area (TPSA) is 12.0 Å². The van der Waals surface area contributed by atoms with E-state index in [1.54, 1.807) is 0 Å². The number of hydrogen-bond acceptors (Lipinski definition) is 1. The smallest absolute Gasteiger partial charge is 0.129 e. The number of halogens is 3. The summed E-state index contributed by atoms with van der Waals surface area (Å²) in [5, 5.41) is 3.36. The predicted octanol–water partition coefficient (Wildman–Crippen LogP) is 5.24. The summed E-state index contributed by atoms with van der Waals surface area (Å²) >= 11 is 6.72. The summed E-state index contributed by atoms with van der Waals surface area (Å²) in [5.74, 6) is -0.178. The Labute approximate surface area is 135 Å². The molecular formula is C16H16Br2FN. The van der Waals surface area contributed by atoms with Crippen LogP contribution in [0.1, 0.15) is 24.1 Å². The van der Waals surface area contributed by atoms with Gasteiger partial charge in [-0.05, 0) is 42.8 Å². The molecule has 1 nitrogen and oxygen atoms in total. The molecule has 2 aromatic carbocycles. The van der Waals surface area contributed by atoms with Gasteiger partial charge in [-0.25, -0.2) is 4.39 Å². The molecule has 1 N–H and O–H groups in total. The molecule has 20 heavy (non-hydrogen) atoms. The van der Waals surface area contributed by atoms with Gasteiger partial charge in [0.1, 0.15) is 5.82 Å². The summed E-state index contributed by atoms with van der Waals surface area (Å²) < 4.78 is 15.9. The Morgan fingerprint density at radius 2 is 1.70 bits per heavy atom. The summed E-state index contributed by atoms with van der Waals surface area (Å²) in [6.07, 6.45) is 0.764. The predicted molar refractivity (Wildman–Crippen MR) is 88.4 cm³/mol. The van der Waals surface area contributed by atoms with E-state index in [1.165, 1.54) is 11.6 Å². The highest BCUT2D eigenvalue weighted by Gasteiger charge is 2.15. The highest BCUT2D eigenvalue weighted by Crippen LogP contribution is 2.24. The Morgan fingerprint density at radius 1 is 1.05 bits per heavy atom. The van der Waals surface area contributed by atoms with E-state index in [4.69, 9.17) is 0 Å². The zero-order valence-electron chi connectivity index (χ0n) is 11.2. The highest BCUT2D eigenvalue weighted by atomic mass is 79.9. The fourth-order valence-corrected chi connectivity index (χ4v) is 2.78. The van der Waals surface area contributed by atoms with Gasteiger partial charge < -0.3 is 5.32 Å². The fraction of sp³-hybridized carbons (Fsp3) is 0.250. The molecule has 2 rings (SSSR count). The van der Waals surface area contributed by atoms with E-state index in [-0.39, 0.29) is 11.9 Å². The Kier molecular flexibility index (Phi) is 5.75. The van der Waals surface area contributed by atoms with Crippen molar-refractivity contribution in [2.75, 3.05) is 6.54 Å². The molecule has 0 aromatic heterocycles. The third-order valence-electron chi connectivity index (χ3n) is 3.14. The van der Waals surface area contributed by atoms with Crippen LogP contribution in [0, 0.1) is 5.82 Å². The molecule has 4 heteroatoms. The second-order valence-corrected chi connectivity index (χ2v) is 6.44. The Morgan fingerprint density at radius 3 is 2.30 bits per heavy atom. The van der Waals surface area contributed by atoms with Gasteiger partial charge in [-0.3, -0.25) is 0 Å². The van der Waals surface area contributed by atoms with Crippen LogP contribution in [0.5, 0.6) is 0 Å². The third-order valence-corrected chi connectivity index (χ3v) is 4.16. The van der Waals surface area contributed by atoms with Crippen LogP contribution >= 0.6 is 31.9 Å². The van der Waals surface area contributed by atoms with Crippen molar-refractivity contribution in [2.24, 2.45) is 0 Å². The van der Waals surface area contributed by atoms with Crippen molar-refractivity contribution in [1.29, 1.82) is 0 Å². The van der Waals surface area contributed by atoms with Gasteiger partial charge in [-0.2, -0.15) is 0 Å². The third kappa shape index (κ3) is 4.14. The van der Waals surface area contributed by atoms with E-state index in [2.05, 4.69) is 49.3 Å². The van der Waals surface area contributed by atoms with Gasteiger partial charge >= 0.3 is 0 Å². The van der Waals surface area contributed by atoms with E-state index < -0.39 is 0 Å². The van der Waals surface area contributed by atoms with Gasteiger partial charge in [-0.15, -0.1) is 0 Å². The maximum absolute atomic E-state index is 14.1. The standard InChI is InChI=1S/C16H16Br2FN/c1-2-20-16(9-11-3-5-12(17)6-4-11)14-8-7-13(18)10-15(14)19/h3-8,10,16,20H,2,9H2,1H3.